The number of carbonyl (C=O) groups excluding carboxylic acids is 1. The van der Waals surface area contributed by atoms with Crippen molar-refractivity contribution in [2.75, 3.05) is 5.32 Å². The molecule has 1 aromatic carbocycles. The Labute approximate surface area is 172 Å². The summed E-state index contributed by atoms with van der Waals surface area (Å²) in [5.74, 6) is 0.246. The average Bonchev–Trinajstić information content (AvgIpc) is 3.03. The number of hydrogen-bond acceptors (Lipinski definition) is 3. The highest BCUT2D eigenvalue weighted by molar-refractivity contribution is 6.08. The molecule has 2 saturated carbocycles. The molecule has 0 saturated heterocycles. The van der Waals surface area contributed by atoms with Gasteiger partial charge in [0.1, 0.15) is 5.56 Å². The topological polar surface area (TPSA) is 85.4 Å². The van der Waals surface area contributed by atoms with E-state index in [0.717, 1.165) is 12.8 Å². The highest BCUT2D eigenvalue weighted by atomic mass is 16.3. The van der Waals surface area contributed by atoms with Gasteiger partial charge in [0.25, 0.3) is 5.91 Å². The fourth-order valence-electron chi connectivity index (χ4n) is 5.04. The summed E-state index contributed by atoms with van der Waals surface area (Å²) in [6.07, 6.45) is 13.0. The summed E-state index contributed by atoms with van der Waals surface area (Å²) in [4.78, 5) is 15.5. The minimum atomic E-state index is -0.489. The fraction of sp³-hybridized carbons (Fsp3) is 0.542. The van der Waals surface area contributed by atoms with Gasteiger partial charge in [-0.2, -0.15) is 0 Å². The number of carbonyl (C=O) groups is 1. The van der Waals surface area contributed by atoms with Crippen LogP contribution in [0.1, 0.15) is 91.7 Å². The Hall–Kier alpha value is -2.43. The molecule has 4 rings (SSSR count). The van der Waals surface area contributed by atoms with Crippen molar-refractivity contribution in [3.05, 3.63) is 41.1 Å². The van der Waals surface area contributed by atoms with E-state index in [-0.39, 0.29) is 17.2 Å². The summed E-state index contributed by atoms with van der Waals surface area (Å²) in [6, 6.07) is 7.98. The largest absolute Gasteiger partial charge is 0.505 e. The second-order valence-corrected chi connectivity index (χ2v) is 8.79. The third-order valence-electron chi connectivity index (χ3n) is 6.72. The Bertz CT molecular complexity index is 829. The molecule has 1 heterocycles. The molecular formula is C24H32N2O3. The lowest BCUT2D eigenvalue weighted by molar-refractivity contribution is 0.102. The third kappa shape index (κ3) is 4.60. The molecule has 2 fully saturated rings. The van der Waals surface area contributed by atoms with E-state index in [9.17, 15) is 15.0 Å². The predicted molar refractivity (Wildman–Crippen MR) is 115 cm³/mol. The normalized spacial score (nSPS) is 18.6. The van der Waals surface area contributed by atoms with Crippen LogP contribution in [0.4, 0.5) is 5.69 Å². The number of benzene rings is 1. The molecule has 2 aromatic rings. The first-order chi connectivity index (χ1) is 14.1. The van der Waals surface area contributed by atoms with Crippen LogP contribution in [0.3, 0.4) is 0 Å². The number of hydrogen-bond donors (Lipinski definition) is 4. The van der Waals surface area contributed by atoms with Crippen molar-refractivity contribution in [2.45, 2.75) is 76.5 Å². The zero-order chi connectivity index (χ0) is 20.2. The molecule has 0 bridgehead atoms. The Morgan fingerprint density at radius 1 is 0.931 bits per heavy atom. The summed E-state index contributed by atoms with van der Waals surface area (Å²) < 4.78 is 0. The number of nitrogens with one attached hydrogen (secondary N) is 2. The molecule has 0 radical (unpaired) electrons. The van der Waals surface area contributed by atoms with Crippen LogP contribution in [-0.2, 0) is 6.42 Å². The van der Waals surface area contributed by atoms with Gasteiger partial charge in [0, 0.05) is 5.69 Å². The molecule has 2 aliphatic carbocycles. The summed E-state index contributed by atoms with van der Waals surface area (Å²) in [5, 5.41) is 23.6. The van der Waals surface area contributed by atoms with Gasteiger partial charge in [-0.1, -0.05) is 63.5 Å². The van der Waals surface area contributed by atoms with Crippen molar-refractivity contribution in [2.24, 2.45) is 5.92 Å². The van der Waals surface area contributed by atoms with Gasteiger partial charge in [-0.05, 0) is 48.8 Å². The Kier molecular flexibility index (Phi) is 6.12. The van der Waals surface area contributed by atoms with Gasteiger partial charge >= 0.3 is 0 Å². The Balaban J connectivity index is 1.42. The Morgan fingerprint density at radius 2 is 1.55 bits per heavy atom. The van der Waals surface area contributed by atoms with E-state index in [1.807, 2.05) is 12.1 Å². The van der Waals surface area contributed by atoms with Crippen LogP contribution in [0.2, 0.25) is 0 Å². The van der Waals surface area contributed by atoms with E-state index in [2.05, 4.69) is 22.4 Å². The summed E-state index contributed by atoms with van der Waals surface area (Å²) in [7, 11) is 0. The minimum Gasteiger partial charge on any atom is -0.505 e. The lowest BCUT2D eigenvalue weighted by Gasteiger charge is -2.22. The second-order valence-electron chi connectivity index (χ2n) is 8.79. The van der Waals surface area contributed by atoms with Gasteiger partial charge in [0.15, 0.2) is 5.75 Å². The van der Waals surface area contributed by atoms with E-state index in [0.29, 0.717) is 29.6 Å². The molecule has 156 valence electrons. The van der Waals surface area contributed by atoms with Crippen LogP contribution in [0, 0.1) is 5.92 Å². The molecule has 2 aliphatic rings. The lowest BCUT2D eigenvalue weighted by Crippen LogP contribution is -2.12. The monoisotopic (exact) mass is 396 g/mol. The summed E-state index contributed by atoms with van der Waals surface area (Å²) in [5.41, 5.74) is 2.49. The van der Waals surface area contributed by atoms with Crippen LogP contribution >= 0.6 is 0 Å². The molecule has 29 heavy (non-hydrogen) atoms. The first kappa shape index (κ1) is 19.9. The van der Waals surface area contributed by atoms with E-state index < -0.39 is 5.91 Å². The number of amides is 1. The molecule has 5 heteroatoms. The van der Waals surface area contributed by atoms with Gasteiger partial charge in [0.05, 0.1) is 5.69 Å². The molecule has 0 unspecified atom stereocenters. The van der Waals surface area contributed by atoms with Gasteiger partial charge in [-0.15, -0.1) is 0 Å². The average molecular weight is 397 g/mol. The Morgan fingerprint density at radius 3 is 2.21 bits per heavy atom. The number of aromatic hydroxyl groups is 2. The van der Waals surface area contributed by atoms with Crippen LogP contribution in [-0.4, -0.2) is 21.1 Å². The lowest BCUT2D eigenvalue weighted by atomic mass is 9.84. The number of anilines is 1. The summed E-state index contributed by atoms with van der Waals surface area (Å²) >= 11 is 0. The van der Waals surface area contributed by atoms with Crippen molar-refractivity contribution < 1.29 is 15.0 Å². The van der Waals surface area contributed by atoms with Gasteiger partial charge in [0.2, 0.25) is 5.88 Å². The molecule has 0 spiro atoms. The van der Waals surface area contributed by atoms with E-state index in [1.54, 1.807) is 0 Å². The zero-order valence-corrected chi connectivity index (χ0v) is 17.0. The number of H-pyrrole nitrogens is 1. The third-order valence-corrected chi connectivity index (χ3v) is 6.72. The number of aromatic amines is 1. The van der Waals surface area contributed by atoms with Crippen LogP contribution < -0.4 is 5.32 Å². The van der Waals surface area contributed by atoms with E-state index >= 15 is 0 Å². The van der Waals surface area contributed by atoms with Crippen LogP contribution in [0.15, 0.2) is 24.3 Å². The standard InChI is InChI=1S/C24H32N2O3/c27-22-20(15-16-7-3-1-4-8-16)26-24(29)21(22)23(28)25-19-13-11-18(12-14-19)17-9-5-2-6-10-17/h11-14,16-17,26-27,29H,1-10,15H2,(H,25,28). The number of aromatic nitrogens is 1. The first-order valence-corrected chi connectivity index (χ1v) is 11.2. The van der Waals surface area contributed by atoms with Gasteiger partial charge in [-0.3, -0.25) is 4.79 Å². The second kappa shape index (κ2) is 8.93. The minimum absolute atomic E-state index is 0.0628. The summed E-state index contributed by atoms with van der Waals surface area (Å²) in [6.45, 7) is 0. The van der Waals surface area contributed by atoms with E-state index in [1.165, 1.54) is 56.9 Å². The van der Waals surface area contributed by atoms with Gasteiger partial charge < -0.3 is 20.5 Å². The molecule has 1 amide bonds. The van der Waals surface area contributed by atoms with Crippen molar-refractivity contribution in [3.63, 3.8) is 0 Å². The SMILES string of the molecule is O=C(Nc1ccc(C2CCCCC2)cc1)c1c(O)[nH]c(CC2CCCCC2)c1O. The van der Waals surface area contributed by atoms with E-state index in [4.69, 9.17) is 0 Å². The molecule has 4 N–H and O–H groups in total. The quantitative estimate of drug-likeness (QED) is 0.511. The molecule has 0 atom stereocenters. The predicted octanol–water partition coefficient (Wildman–Crippen LogP) is 5.85. The van der Waals surface area contributed by atoms with Crippen molar-refractivity contribution in [1.29, 1.82) is 0 Å². The maximum Gasteiger partial charge on any atom is 0.264 e. The first-order valence-electron chi connectivity index (χ1n) is 11.2. The maximum atomic E-state index is 12.7. The van der Waals surface area contributed by atoms with Crippen LogP contribution in [0.25, 0.3) is 0 Å². The van der Waals surface area contributed by atoms with Gasteiger partial charge in [-0.25, -0.2) is 0 Å². The molecule has 0 aliphatic heterocycles. The smallest absolute Gasteiger partial charge is 0.264 e. The zero-order valence-electron chi connectivity index (χ0n) is 17.0. The van der Waals surface area contributed by atoms with Crippen molar-refractivity contribution in [1.82, 2.24) is 4.98 Å². The van der Waals surface area contributed by atoms with Crippen molar-refractivity contribution in [3.8, 4) is 11.6 Å². The molecule has 5 nitrogen and oxygen atoms in total. The molecule has 1 aromatic heterocycles. The highest BCUT2D eigenvalue weighted by Crippen LogP contribution is 2.36. The highest BCUT2D eigenvalue weighted by Gasteiger charge is 2.25. The van der Waals surface area contributed by atoms with Crippen LogP contribution in [0.5, 0.6) is 11.6 Å². The number of rotatable bonds is 5. The van der Waals surface area contributed by atoms with Crippen molar-refractivity contribution >= 4 is 11.6 Å². The fourth-order valence-corrected chi connectivity index (χ4v) is 5.04. The molecular weight excluding hydrogens is 364 g/mol. The maximum absolute atomic E-state index is 12.7.